The Morgan fingerprint density at radius 2 is 1.94 bits per heavy atom. The zero-order valence-electron chi connectivity index (χ0n) is 8.82. The van der Waals surface area contributed by atoms with E-state index >= 15 is 0 Å². The van der Waals surface area contributed by atoms with Crippen LogP contribution < -0.4 is 5.32 Å². The van der Waals surface area contributed by atoms with Crippen LogP contribution in [0.3, 0.4) is 0 Å². The first kappa shape index (κ1) is 12.7. The summed E-state index contributed by atoms with van der Waals surface area (Å²) in [7, 11) is 0. The summed E-state index contributed by atoms with van der Waals surface area (Å²) in [6.45, 7) is 0. The molecule has 92 valence electrons. The van der Waals surface area contributed by atoms with Crippen molar-refractivity contribution in [1.29, 1.82) is 0 Å². The molecular weight excluding hydrogens is 280 g/mol. The summed E-state index contributed by atoms with van der Waals surface area (Å²) < 4.78 is 12.8. The number of carbonyl (C=O) groups is 1. The molecule has 2 aromatic rings. The Morgan fingerprint density at radius 1 is 1.17 bits per heavy atom. The Kier molecular flexibility index (Phi) is 3.74. The van der Waals surface area contributed by atoms with Crippen molar-refractivity contribution in [3.05, 3.63) is 52.0 Å². The number of anilines is 1. The molecule has 18 heavy (non-hydrogen) atoms. The molecule has 0 aliphatic heterocycles. The number of benzene rings is 1. The van der Waals surface area contributed by atoms with Crippen molar-refractivity contribution < 1.29 is 9.18 Å². The third-order valence-electron chi connectivity index (χ3n) is 2.04. The number of halogens is 3. The maximum Gasteiger partial charge on any atom is 0.276 e. The van der Waals surface area contributed by atoms with Gasteiger partial charge in [0.15, 0.2) is 10.8 Å². The third kappa shape index (κ3) is 2.94. The normalized spacial score (nSPS) is 10.2. The molecule has 0 unspecified atom stereocenters. The molecule has 0 aliphatic rings. The lowest BCUT2D eigenvalue weighted by atomic mass is 10.3. The zero-order chi connectivity index (χ0) is 13.1. The van der Waals surface area contributed by atoms with Crippen molar-refractivity contribution >= 4 is 34.8 Å². The highest BCUT2D eigenvalue weighted by atomic mass is 35.5. The fourth-order valence-electron chi connectivity index (χ4n) is 1.21. The summed E-state index contributed by atoms with van der Waals surface area (Å²) in [5.41, 5.74) is 0.375. The number of amides is 1. The Balaban J connectivity index is 2.18. The first-order chi connectivity index (χ1) is 8.56. The average molecular weight is 286 g/mol. The topological polar surface area (TPSA) is 54.9 Å². The van der Waals surface area contributed by atoms with E-state index in [0.717, 1.165) is 6.07 Å². The highest BCUT2D eigenvalue weighted by molar-refractivity contribution is 6.33. The fraction of sp³-hybridized carbons (Fsp3) is 0. The predicted octanol–water partition coefficient (Wildman–Crippen LogP) is 3.17. The molecule has 1 heterocycles. The highest BCUT2D eigenvalue weighted by Gasteiger charge is 2.10. The molecule has 1 aromatic heterocycles. The number of aromatic nitrogens is 2. The van der Waals surface area contributed by atoms with E-state index < -0.39 is 11.7 Å². The van der Waals surface area contributed by atoms with E-state index in [1.54, 1.807) is 0 Å². The molecule has 0 saturated heterocycles. The van der Waals surface area contributed by atoms with Gasteiger partial charge in [-0.25, -0.2) is 4.39 Å². The van der Waals surface area contributed by atoms with Crippen LogP contribution in [0.5, 0.6) is 0 Å². The monoisotopic (exact) mass is 285 g/mol. The van der Waals surface area contributed by atoms with Crippen molar-refractivity contribution in [2.45, 2.75) is 0 Å². The molecular formula is C11H6Cl2FN3O. The van der Waals surface area contributed by atoms with Gasteiger partial charge in [-0.2, -0.15) is 0 Å². The van der Waals surface area contributed by atoms with Gasteiger partial charge in [-0.1, -0.05) is 23.2 Å². The first-order valence-electron chi connectivity index (χ1n) is 4.82. The zero-order valence-corrected chi connectivity index (χ0v) is 10.3. The fourth-order valence-corrected chi connectivity index (χ4v) is 1.53. The van der Waals surface area contributed by atoms with E-state index in [0.29, 0.717) is 5.69 Å². The summed E-state index contributed by atoms with van der Waals surface area (Å²) >= 11 is 11.3. The van der Waals surface area contributed by atoms with Crippen LogP contribution in [0.4, 0.5) is 10.1 Å². The molecule has 7 heteroatoms. The summed E-state index contributed by atoms with van der Waals surface area (Å²) in [6, 6.07) is 6.51. The van der Waals surface area contributed by atoms with Crippen molar-refractivity contribution in [2.24, 2.45) is 0 Å². The van der Waals surface area contributed by atoms with Gasteiger partial charge in [-0.3, -0.25) is 4.79 Å². The van der Waals surface area contributed by atoms with E-state index in [1.807, 2.05) is 0 Å². The lowest BCUT2D eigenvalue weighted by molar-refractivity contribution is 0.102. The van der Waals surface area contributed by atoms with E-state index in [9.17, 15) is 9.18 Å². The number of hydrogen-bond donors (Lipinski definition) is 1. The maximum absolute atomic E-state index is 12.8. The Labute approximate surface area is 112 Å². The molecule has 1 N–H and O–H groups in total. The molecule has 4 nitrogen and oxygen atoms in total. The van der Waals surface area contributed by atoms with Crippen molar-refractivity contribution in [1.82, 2.24) is 10.2 Å². The van der Waals surface area contributed by atoms with Gasteiger partial charge in [-0.05, 0) is 30.3 Å². The Bertz CT molecular complexity index is 589. The number of nitrogens with one attached hydrogen (secondary N) is 1. The minimum atomic E-state index is -0.507. The highest BCUT2D eigenvalue weighted by Crippen LogP contribution is 2.22. The van der Waals surface area contributed by atoms with Crippen LogP contribution in [0.2, 0.25) is 10.2 Å². The molecule has 2 rings (SSSR count). The Morgan fingerprint density at radius 3 is 2.56 bits per heavy atom. The lowest BCUT2D eigenvalue weighted by Crippen LogP contribution is -2.14. The van der Waals surface area contributed by atoms with Gasteiger partial charge in [0, 0.05) is 0 Å². The predicted molar refractivity (Wildman–Crippen MR) is 66.4 cm³/mol. The molecule has 0 atom stereocenters. The van der Waals surface area contributed by atoms with Crippen LogP contribution in [-0.4, -0.2) is 16.1 Å². The number of rotatable bonds is 2. The SMILES string of the molecule is O=C(Nc1ccc(F)cc1Cl)c1ccc(Cl)nn1. The van der Waals surface area contributed by atoms with Gasteiger partial charge >= 0.3 is 0 Å². The molecule has 0 aliphatic carbocycles. The number of hydrogen-bond acceptors (Lipinski definition) is 3. The molecule has 0 fully saturated rings. The summed E-state index contributed by atoms with van der Waals surface area (Å²) in [4.78, 5) is 11.8. The quantitative estimate of drug-likeness (QED) is 0.922. The second-order valence-electron chi connectivity index (χ2n) is 3.32. The standard InChI is InChI=1S/C11H6Cl2FN3O/c12-7-5-6(14)1-2-8(7)15-11(18)9-3-4-10(13)17-16-9/h1-5H,(H,15,18). The maximum atomic E-state index is 12.8. The third-order valence-corrected chi connectivity index (χ3v) is 2.56. The molecule has 1 aromatic carbocycles. The number of carbonyl (C=O) groups excluding carboxylic acids is 1. The molecule has 0 spiro atoms. The van der Waals surface area contributed by atoms with Crippen molar-refractivity contribution in [3.8, 4) is 0 Å². The molecule has 0 bridgehead atoms. The van der Waals surface area contributed by atoms with Crippen LogP contribution in [0.25, 0.3) is 0 Å². The van der Waals surface area contributed by atoms with Crippen LogP contribution in [0.15, 0.2) is 30.3 Å². The van der Waals surface area contributed by atoms with Crippen LogP contribution in [0, 0.1) is 5.82 Å². The molecule has 0 radical (unpaired) electrons. The van der Waals surface area contributed by atoms with Gasteiger partial charge in [0.2, 0.25) is 0 Å². The summed E-state index contributed by atoms with van der Waals surface area (Å²) in [5.74, 6) is -0.989. The molecule has 0 saturated carbocycles. The van der Waals surface area contributed by atoms with Crippen LogP contribution in [0.1, 0.15) is 10.5 Å². The van der Waals surface area contributed by atoms with E-state index in [4.69, 9.17) is 23.2 Å². The van der Waals surface area contributed by atoms with Gasteiger partial charge in [0.05, 0.1) is 10.7 Å². The second kappa shape index (κ2) is 5.29. The van der Waals surface area contributed by atoms with E-state index in [-0.39, 0.29) is 15.9 Å². The van der Waals surface area contributed by atoms with Crippen molar-refractivity contribution in [2.75, 3.05) is 5.32 Å². The average Bonchev–Trinajstić information content (AvgIpc) is 2.33. The Hall–Kier alpha value is -1.72. The minimum absolute atomic E-state index is 0.0831. The van der Waals surface area contributed by atoms with Gasteiger partial charge in [0.1, 0.15) is 5.82 Å². The van der Waals surface area contributed by atoms with Gasteiger partial charge < -0.3 is 5.32 Å². The van der Waals surface area contributed by atoms with Gasteiger partial charge in [-0.15, -0.1) is 10.2 Å². The molecule has 1 amide bonds. The smallest absolute Gasteiger partial charge is 0.276 e. The number of nitrogens with zero attached hydrogens (tertiary/aromatic N) is 2. The van der Waals surface area contributed by atoms with Crippen molar-refractivity contribution in [3.63, 3.8) is 0 Å². The van der Waals surface area contributed by atoms with E-state index in [2.05, 4.69) is 15.5 Å². The summed E-state index contributed by atoms with van der Waals surface area (Å²) in [6.07, 6.45) is 0. The van der Waals surface area contributed by atoms with E-state index in [1.165, 1.54) is 24.3 Å². The van der Waals surface area contributed by atoms with Gasteiger partial charge in [0.25, 0.3) is 5.91 Å². The largest absolute Gasteiger partial charge is 0.319 e. The first-order valence-corrected chi connectivity index (χ1v) is 5.57. The minimum Gasteiger partial charge on any atom is -0.319 e. The van der Waals surface area contributed by atoms with Crippen LogP contribution in [-0.2, 0) is 0 Å². The second-order valence-corrected chi connectivity index (χ2v) is 4.11. The lowest BCUT2D eigenvalue weighted by Gasteiger charge is -2.06. The summed E-state index contributed by atoms with van der Waals surface area (Å²) in [5, 5.41) is 9.93. The van der Waals surface area contributed by atoms with Crippen LogP contribution >= 0.6 is 23.2 Å².